The summed E-state index contributed by atoms with van der Waals surface area (Å²) in [5.41, 5.74) is 10.7. The average Bonchev–Trinajstić information content (AvgIpc) is 2.12. The van der Waals surface area contributed by atoms with Crippen molar-refractivity contribution in [3.05, 3.63) is 0 Å². The van der Waals surface area contributed by atoms with Crippen LogP contribution in [-0.2, 0) is 9.53 Å². The summed E-state index contributed by atoms with van der Waals surface area (Å²) in [4.78, 5) is 13.0. The van der Waals surface area contributed by atoms with Crippen molar-refractivity contribution >= 4 is 5.91 Å². The molecule has 1 aliphatic heterocycles. The number of amides is 1. The second-order valence-corrected chi connectivity index (χ2v) is 4.31. The molecule has 1 rings (SSSR count). The lowest BCUT2D eigenvalue weighted by Crippen LogP contribution is -2.47. The predicted octanol–water partition coefficient (Wildman–Crippen LogP) is -0.702. The molecule has 0 bridgehead atoms. The van der Waals surface area contributed by atoms with Crippen LogP contribution >= 0.6 is 0 Å². The van der Waals surface area contributed by atoms with E-state index in [9.17, 15) is 4.79 Å². The number of carbonyl (C=O) groups is 1. The number of morpholine rings is 1. The summed E-state index contributed by atoms with van der Waals surface area (Å²) in [5.74, 6) is -0.427. The molecule has 0 aliphatic carbocycles. The zero-order valence-corrected chi connectivity index (χ0v) is 9.48. The molecule has 1 aliphatic rings. The van der Waals surface area contributed by atoms with Crippen molar-refractivity contribution in [3.63, 3.8) is 0 Å². The Morgan fingerprint density at radius 3 is 2.47 bits per heavy atom. The molecule has 4 N–H and O–H groups in total. The topological polar surface area (TPSA) is 81.6 Å². The third kappa shape index (κ3) is 4.15. The Hall–Kier alpha value is -0.650. The van der Waals surface area contributed by atoms with E-state index in [2.05, 4.69) is 18.7 Å². The standard InChI is InChI=1S/C10H21N3O2/c1-7-5-13(6-8(2)15-7)4-3-9(11)10(12)14/h7-9H,3-6,11H2,1-2H3,(H2,12,14)/t7-,8+,9?. The van der Waals surface area contributed by atoms with Crippen LogP contribution in [0, 0.1) is 0 Å². The Balaban J connectivity index is 2.29. The normalized spacial score (nSPS) is 30.1. The van der Waals surface area contributed by atoms with Crippen molar-refractivity contribution in [2.45, 2.75) is 38.5 Å². The molecular formula is C10H21N3O2. The van der Waals surface area contributed by atoms with Gasteiger partial charge in [-0.1, -0.05) is 0 Å². The number of hydrogen-bond donors (Lipinski definition) is 2. The molecule has 0 aromatic rings. The first-order chi connectivity index (χ1) is 6.99. The molecule has 0 aromatic heterocycles. The van der Waals surface area contributed by atoms with Crippen LogP contribution in [0.2, 0.25) is 0 Å². The molecule has 3 atom stereocenters. The Bertz CT molecular complexity index is 213. The number of nitrogens with two attached hydrogens (primary N) is 2. The van der Waals surface area contributed by atoms with Crippen molar-refractivity contribution in [1.82, 2.24) is 4.90 Å². The monoisotopic (exact) mass is 215 g/mol. The Labute approximate surface area is 90.7 Å². The van der Waals surface area contributed by atoms with Gasteiger partial charge in [0.25, 0.3) is 0 Å². The molecule has 0 saturated carbocycles. The Morgan fingerprint density at radius 2 is 2.00 bits per heavy atom. The molecule has 5 heteroatoms. The van der Waals surface area contributed by atoms with E-state index in [1.807, 2.05) is 0 Å². The van der Waals surface area contributed by atoms with Crippen molar-refractivity contribution in [3.8, 4) is 0 Å². The number of hydrogen-bond acceptors (Lipinski definition) is 4. The van der Waals surface area contributed by atoms with Gasteiger partial charge in [-0.25, -0.2) is 0 Å². The first-order valence-electron chi connectivity index (χ1n) is 5.41. The predicted molar refractivity (Wildman–Crippen MR) is 58.2 cm³/mol. The summed E-state index contributed by atoms with van der Waals surface area (Å²) in [6.07, 6.45) is 1.12. The number of primary amides is 1. The minimum atomic E-state index is -0.529. The Kier molecular flexibility index (Phi) is 4.50. The minimum Gasteiger partial charge on any atom is -0.373 e. The highest BCUT2D eigenvalue weighted by Crippen LogP contribution is 2.10. The van der Waals surface area contributed by atoms with E-state index < -0.39 is 11.9 Å². The van der Waals surface area contributed by atoms with E-state index in [1.54, 1.807) is 0 Å². The molecule has 88 valence electrons. The van der Waals surface area contributed by atoms with Crippen molar-refractivity contribution < 1.29 is 9.53 Å². The maximum atomic E-state index is 10.8. The van der Waals surface area contributed by atoms with Gasteiger partial charge in [0.15, 0.2) is 0 Å². The maximum Gasteiger partial charge on any atom is 0.234 e. The minimum absolute atomic E-state index is 0.249. The summed E-state index contributed by atoms with van der Waals surface area (Å²) in [6, 6.07) is -0.529. The fraction of sp³-hybridized carbons (Fsp3) is 0.900. The van der Waals surface area contributed by atoms with Crippen molar-refractivity contribution in [1.29, 1.82) is 0 Å². The van der Waals surface area contributed by atoms with Gasteiger partial charge in [0.2, 0.25) is 5.91 Å². The second kappa shape index (κ2) is 5.44. The van der Waals surface area contributed by atoms with E-state index >= 15 is 0 Å². The van der Waals surface area contributed by atoms with Gasteiger partial charge in [-0.15, -0.1) is 0 Å². The quantitative estimate of drug-likeness (QED) is 0.649. The van der Waals surface area contributed by atoms with Crippen LogP contribution in [-0.4, -0.2) is 48.7 Å². The van der Waals surface area contributed by atoms with E-state index in [4.69, 9.17) is 16.2 Å². The van der Waals surface area contributed by atoms with Crippen LogP contribution in [0.25, 0.3) is 0 Å². The van der Waals surface area contributed by atoms with Crippen LogP contribution in [0.15, 0.2) is 0 Å². The van der Waals surface area contributed by atoms with Gasteiger partial charge in [-0.2, -0.15) is 0 Å². The first-order valence-corrected chi connectivity index (χ1v) is 5.41. The van der Waals surface area contributed by atoms with Gasteiger partial charge in [0.1, 0.15) is 0 Å². The molecular weight excluding hydrogens is 194 g/mol. The molecule has 1 amide bonds. The van der Waals surface area contributed by atoms with E-state index in [1.165, 1.54) is 0 Å². The van der Waals surface area contributed by atoms with Crippen LogP contribution in [0.5, 0.6) is 0 Å². The second-order valence-electron chi connectivity index (χ2n) is 4.31. The van der Waals surface area contributed by atoms with Gasteiger partial charge in [0, 0.05) is 19.6 Å². The molecule has 0 spiro atoms. The van der Waals surface area contributed by atoms with Crippen LogP contribution < -0.4 is 11.5 Å². The smallest absolute Gasteiger partial charge is 0.234 e. The molecule has 1 heterocycles. The highest BCUT2D eigenvalue weighted by Gasteiger charge is 2.22. The largest absolute Gasteiger partial charge is 0.373 e. The van der Waals surface area contributed by atoms with Crippen molar-refractivity contribution in [2.75, 3.05) is 19.6 Å². The SMILES string of the molecule is C[C@@H]1CN(CCC(N)C(N)=O)C[C@H](C)O1. The number of carbonyl (C=O) groups excluding carboxylic acids is 1. The summed E-state index contributed by atoms with van der Waals surface area (Å²) in [5, 5.41) is 0. The molecule has 15 heavy (non-hydrogen) atoms. The molecule has 1 saturated heterocycles. The van der Waals surface area contributed by atoms with E-state index in [-0.39, 0.29) is 12.2 Å². The molecule has 1 unspecified atom stereocenters. The number of nitrogens with zero attached hydrogens (tertiary/aromatic N) is 1. The fourth-order valence-corrected chi connectivity index (χ4v) is 1.93. The molecule has 5 nitrogen and oxygen atoms in total. The van der Waals surface area contributed by atoms with Crippen LogP contribution in [0.4, 0.5) is 0 Å². The summed E-state index contributed by atoms with van der Waals surface area (Å²) < 4.78 is 5.61. The zero-order valence-electron chi connectivity index (χ0n) is 9.48. The van der Waals surface area contributed by atoms with Gasteiger partial charge >= 0.3 is 0 Å². The Morgan fingerprint density at radius 1 is 1.47 bits per heavy atom. The average molecular weight is 215 g/mol. The maximum absolute atomic E-state index is 10.8. The summed E-state index contributed by atoms with van der Waals surface area (Å²) in [7, 11) is 0. The van der Waals surface area contributed by atoms with Crippen molar-refractivity contribution in [2.24, 2.45) is 11.5 Å². The first kappa shape index (κ1) is 12.4. The van der Waals surface area contributed by atoms with Crippen LogP contribution in [0.3, 0.4) is 0 Å². The summed E-state index contributed by atoms with van der Waals surface area (Å²) in [6.45, 7) is 6.71. The number of rotatable bonds is 4. The highest BCUT2D eigenvalue weighted by molar-refractivity contribution is 5.79. The molecule has 1 fully saturated rings. The summed E-state index contributed by atoms with van der Waals surface area (Å²) >= 11 is 0. The van der Waals surface area contributed by atoms with Gasteiger partial charge in [-0.3, -0.25) is 9.69 Å². The third-order valence-electron chi connectivity index (χ3n) is 2.62. The zero-order chi connectivity index (χ0) is 11.4. The van der Waals surface area contributed by atoms with Gasteiger partial charge < -0.3 is 16.2 Å². The number of ether oxygens (including phenoxy) is 1. The van der Waals surface area contributed by atoms with E-state index in [0.717, 1.165) is 19.6 Å². The van der Waals surface area contributed by atoms with Gasteiger partial charge in [-0.05, 0) is 20.3 Å². The third-order valence-corrected chi connectivity index (χ3v) is 2.62. The van der Waals surface area contributed by atoms with Gasteiger partial charge in [0.05, 0.1) is 18.2 Å². The highest BCUT2D eigenvalue weighted by atomic mass is 16.5. The lowest BCUT2D eigenvalue weighted by atomic mass is 10.1. The van der Waals surface area contributed by atoms with E-state index in [0.29, 0.717) is 6.42 Å². The lowest BCUT2D eigenvalue weighted by Gasteiger charge is -2.35. The molecule has 0 aromatic carbocycles. The van der Waals surface area contributed by atoms with Crippen LogP contribution in [0.1, 0.15) is 20.3 Å². The fourth-order valence-electron chi connectivity index (χ4n) is 1.93. The lowest BCUT2D eigenvalue weighted by molar-refractivity contribution is -0.119. The molecule has 0 radical (unpaired) electrons.